The van der Waals surface area contributed by atoms with Crippen molar-refractivity contribution in [2.45, 2.75) is 45.0 Å². The Morgan fingerprint density at radius 2 is 2.09 bits per heavy atom. The fourth-order valence-corrected chi connectivity index (χ4v) is 3.40. The Kier molecular flexibility index (Phi) is 4.32. The van der Waals surface area contributed by atoms with Crippen molar-refractivity contribution in [2.75, 3.05) is 0 Å². The third kappa shape index (κ3) is 2.94. The van der Waals surface area contributed by atoms with Gasteiger partial charge >= 0.3 is 0 Å². The molecule has 2 bridgehead atoms. The van der Waals surface area contributed by atoms with E-state index in [0.29, 0.717) is 24.3 Å². The van der Waals surface area contributed by atoms with Gasteiger partial charge in [0.2, 0.25) is 0 Å². The highest BCUT2D eigenvalue weighted by atomic mass is 16.6. The average Bonchev–Trinajstić information content (AvgIpc) is 2.83. The van der Waals surface area contributed by atoms with Gasteiger partial charge in [0.25, 0.3) is 0 Å². The van der Waals surface area contributed by atoms with Crippen LogP contribution in [0.3, 0.4) is 0 Å². The molecule has 4 atom stereocenters. The molecule has 1 aromatic rings. The van der Waals surface area contributed by atoms with Crippen molar-refractivity contribution < 1.29 is 19.7 Å². The summed E-state index contributed by atoms with van der Waals surface area (Å²) in [5, 5.41) is 20.1. The monoisotopic (exact) mass is 302 g/mol. The molecule has 0 radical (unpaired) electrons. The van der Waals surface area contributed by atoms with Crippen LogP contribution in [0.4, 0.5) is 0 Å². The van der Waals surface area contributed by atoms with Gasteiger partial charge in [0.05, 0.1) is 11.7 Å². The first-order valence-corrected chi connectivity index (χ1v) is 7.89. The predicted molar refractivity (Wildman–Crippen MR) is 82.7 cm³/mol. The molecule has 0 amide bonds. The minimum Gasteiger partial charge on any atom is -0.507 e. The molecule has 0 spiro atoms. The van der Waals surface area contributed by atoms with Gasteiger partial charge in [0.1, 0.15) is 5.75 Å². The summed E-state index contributed by atoms with van der Waals surface area (Å²) in [5.41, 5.74) is 1.22. The van der Waals surface area contributed by atoms with E-state index in [9.17, 15) is 15.0 Å². The van der Waals surface area contributed by atoms with Gasteiger partial charge < -0.3 is 14.9 Å². The van der Waals surface area contributed by atoms with Gasteiger partial charge in [-0.15, -0.1) is 0 Å². The number of carbonyl (C=O) groups is 1. The van der Waals surface area contributed by atoms with Crippen LogP contribution in [-0.2, 0) is 11.2 Å². The van der Waals surface area contributed by atoms with Gasteiger partial charge in [-0.05, 0) is 36.8 Å². The van der Waals surface area contributed by atoms with E-state index in [2.05, 4.69) is 13.0 Å². The Bertz CT molecular complexity index is 593. The zero-order valence-corrected chi connectivity index (χ0v) is 12.7. The fraction of sp³-hybridized carbons (Fsp3) is 0.500. The van der Waals surface area contributed by atoms with Crippen LogP contribution in [0.1, 0.15) is 42.1 Å². The molecule has 22 heavy (non-hydrogen) atoms. The molecule has 118 valence electrons. The number of carbonyl (C=O) groups excluding carboxylic acids is 1. The van der Waals surface area contributed by atoms with Crippen molar-refractivity contribution in [3.8, 4) is 5.75 Å². The Morgan fingerprint density at radius 1 is 1.27 bits per heavy atom. The van der Waals surface area contributed by atoms with E-state index in [4.69, 9.17) is 4.74 Å². The third-order valence-corrected chi connectivity index (χ3v) is 4.75. The van der Waals surface area contributed by atoms with Gasteiger partial charge in [-0.3, -0.25) is 4.79 Å². The molecule has 0 saturated carbocycles. The molecule has 1 aromatic carbocycles. The minimum absolute atomic E-state index is 0.0132. The number of ether oxygens (including phenoxy) is 1. The standard InChI is InChI=1S/C18H22O4/c1-11-5-2-3-6-12-7-4-8-14(19)17(12)15(20)9-13-10-16(11)22-18(13)21/h2-4,7-8,11,13,16,18-19,21H,5-6,9-10H2,1H3/b3-2-/t11-,13-,16+,18-/m1/s1. The normalized spacial score (nSPS) is 33.6. The first kappa shape index (κ1) is 15.3. The van der Waals surface area contributed by atoms with Crippen LogP contribution in [0, 0.1) is 11.8 Å². The number of fused-ring (bicyclic) bond motifs is 3. The lowest BCUT2D eigenvalue weighted by molar-refractivity contribution is -0.117. The summed E-state index contributed by atoms with van der Waals surface area (Å²) in [7, 11) is 0. The van der Waals surface area contributed by atoms with Gasteiger partial charge in [-0.25, -0.2) is 0 Å². The van der Waals surface area contributed by atoms with Gasteiger partial charge in [0, 0.05) is 12.3 Å². The number of ketones is 1. The third-order valence-electron chi connectivity index (χ3n) is 4.75. The number of phenolic OH excluding ortho intramolecular Hbond substituents is 1. The summed E-state index contributed by atoms with van der Waals surface area (Å²) >= 11 is 0. The number of aliphatic hydroxyl groups excluding tert-OH is 1. The largest absolute Gasteiger partial charge is 0.507 e. The summed E-state index contributed by atoms with van der Waals surface area (Å²) in [4.78, 5) is 12.6. The van der Waals surface area contributed by atoms with Gasteiger partial charge in [-0.1, -0.05) is 31.2 Å². The van der Waals surface area contributed by atoms with E-state index in [1.165, 1.54) is 0 Å². The zero-order chi connectivity index (χ0) is 15.7. The van der Waals surface area contributed by atoms with E-state index in [-0.39, 0.29) is 30.0 Å². The number of Topliss-reactive ketones (excluding diaryl/α,β-unsaturated/α-hetero) is 1. The van der Waals surface area contributed by atoms with Crippen LogP contribution in [0.5, 0.6) is 5.75 Å². The van der Waals surface area contributed by atoms with Crippen molar-refractivity contribution in [1.82, 2.24) is 0 Å². The second-order valence-corrected chi connectivity index (χ2v) is 6.39. The quantitative estimate of drug-likeness (QED) is 0.723. The van der Waals surface area contributed by atoms with E-state index >= 15 is 0 Å². The maximum absolute atomic E-state index is 12.6. The first-order valence-electron chi connectivity index (χ1n) is 7.89. The fourth-order valence-electron chi connectivity index (χ4n) is 3.40. The first-order chi connectivity index (χ1) is 10.6. The molecular weight excluding hydrogens is 280 g/mol. The molecule has 1 saturated heterocycles. The lowest BCUT2D eigenvalue weighted by atomic mass is 9.87. The van der Waals surface area contributed by atoms with Crippen molar-refractivity contribution in [3.63, 3.8) is 0 Å². The topological polar surface area (TPSA) is 66.8 Å². The number of allylic oxidation sites excluding steroid dienone is 2. The summed E-state index contributed by atoms with van der Waals surface area (Å²) in [5.74, 6) is 0.0131. The second-order valence-electron chi connectivity index (χ2n) is 6.39. The number of hydrogen-bond donors (Lipinski definition) is 2. The summed E-state index contributed by atoms with van der Waals surface area (Å²) in [6.07, 6.45) is 5.62. The maximum Gasteiger partial charge on any atom is 0.167 e. The lowest BCUT2D eigenvalue weighted by Crippen LogP contribution is -2.19. The van der Waals surface area contributed by atoms with Crippen molar-refractivity contribution in [3.05, 3.63) is 41.5 Å². The number of aliphatic hydroxyl groups is 1. The number of hydrogen-bond acceptors (Lipinski definition) is 4. The number of benzene rings is 1. The van der Waals surface area contributed by atoms with E-state index in [1.54, 1.807) is 12.1 Å². The van der Waals surface area contributed by atoms with Crippen LogP contribution in [0.25, 0.3) is 0 Å². The SMILES string of the molecule is C[C@@H]1C/C=C\Cc2cccc(O)c2C(=O)C[C@@H]2C[C@@H]1O[C@H]2O. The van der Waals surface area contributed by atoms with Crippen LogP contribution >= 0.6 is 0 Å². The minimum atomic E-state index is -0.893. The highest BCUT2D eigenvalue weighted by molar-refractivity contribution is 6.00. The Hall–Kier alpha value is -1.65. The summed E-state index contributed by atoms with van der Waals surface area (Å²) in [6, 6.07) is 5.17. The number of phenols is 1. The zero-order valence-electron chi connectivity index (χ0n) is 12.7. The second kappa shape index (κ2) is 6.23. The Labute approximate surface area is 130 Å². The molecule has 1 aliphatic carbocycles. The van der Waals surface area contributed by atoms with Crippen molar-refractivity contribution in [1.29, 1.82) is 0 Å². The smallest absolute Gasteiger partial charge is 0.167 e. The molecule has 3 rings (SSSR count). The predicted octanol–water partition coefficient (Wildman–Crippen LogP) is 2.83. The Morgan fingerprint density at radius 3 is 2.91 bits per heavy atom. The molecule has 2 aliphatic rings. The highest BCUT2D eigenvalue weighted by Gasteiger charge is 2.38. The van der Waals surface area contributed by atoms with Crippen LogP contribution in [-0.4, -0.2) is 28.4 Å². The molecule has 1 heterocycles. The highest BCUT2D eigenvalue weighted by Crippen LogP contribution is 2.35. The molecule has 1 aliphatic heterocycles. The van der Waals surface area contributed by atoms with Gasteiger partial charge in [-0.2, -0.15) is 0 Å². The summed E-state index contributed by atoms with van der Waals surface area (Å²) < 4.78 is 5.62. The lowest BCUT2D eigenvalue weighted by Gasteiger charge is -2.17. The average molecular weight is 302 g/mol. The molecule has 0 unspecified atom stereocenters. The van der Waals surface area contributed by atoms with E-state index in [0.717, 1.165) is 12.0 Å². The number of aromatic hydroxyl groups is 1. The van der Waals surface area contributed by atoms with Crippen molar-refractivity contribution in [2.24, 2.45) is 11.8 Å². The molecule has 2 N–H and O–H groups in total. The maximum atomic E-state index is 12.6. The van der Waals surface area contributed by atoms with Crippen LogP contribution < -0.4 is 0 Å². The van der Waals surface area contributed by atoms with E-state index in [1.807, 2.05) is 12.1 Å². The molecule has 1 fully saturated rings. The van der Waals surface area contributed by atoms with Crippen molar-refractivity contribution >= 4 is 5.78 Å². The molecule has 4 heteroatoms. The van der Waals surface area contributed by atoms with E-state index < -0.39 is 6.29 Å². The molecular formula is C18H22O4. The Balaban J connectivity index is 1.96. The summed E-state index contributed by atoms with van der Waals surface area (Å²) in [6.45, 7) is 2.11. The van der Waals surface area contributed by atoms with Crippen LogP contribution in [0.15, 0.2) is 30.4 Å². The molecule has 0 aromatic heterocycles. The van der Waals surface area contributed by atoms with Crippen LogP contribution in [0.2, 0.25) is 0 Å². The van der Waals surface area contributed by atoms with Gasteiger partial charge in [0.15, 0.2) is 12.1 Å². The molecule has 4 nitrogen and oxygen atoms in total. The number of rotatable bonds is 0.